The summed E-state index contributed by atoms with van der Waals surface area (Å²) in [5.74, 6) is 0. The molecule has 0 aliphatic heterocycles. The molecule has 0 radical (unpaired) electrons. The van der Waals surface area contributed by atoms with Gasteiger partial charge in [0.05, 0.1) is 17.1 Å². The zero-order valence-electron chi connectivity index (χ0n) is 10.9. The number of aromatic nitrogens is 3. The van der Waals surface area contributed by atoms with E-state index in [0.29, 0.717) is 0 Å². The molecule has 0 bridgehead atoms. The first kappa shape index (κ1) is 11.9. The Labute approximate surface area is 101 Å². The predicted octanol–water partition coefficient (Wildman–Crippen LogP) is 0.963. The molecule has 0 spiro atoms. The molecule has 5 heteroatoms. The molecule has 0 aliphatic rings. The monoisotopic (exact) mass is 233 g/mol. The lowest BCUT2D eigenvalue weighted by atomic mass is 10.2. The molecule has 0 saturated heterocycles. The predicted molar refractivity (Wildman–Crippen MR) is 69.9 cm³/mol. The van der Waals surface area contributed by atoms with Gasteiger partial charge in [0.1, 0.15) is 0 Å². The van der Waals surface area contributed by atoms with Crippen LogP contribution in [0.2, 0.25) is 0 Å². The molecule has 2 heterocycles. The van der Waals surface area contributed by atoms with Crippen LogP contribution in [0, 0.1) is 6.92 Å². The molecule has 5 nitrogen and oxygen atoms in total. The molecule has 0 saturated carbocycles. The minimum Gasteiger partial charge on any atom is -0.397 e. The molecular formula is C12H19N5. The van der Waals surface area contributed by atoms with Gasteiger partial charge in [0.2, 0.25) is 0 Å². The first-order chi connectivity index (χ1) is 7.99. The van der Waals surface area contributed by atoms with Gasteiger partial charge < -0.3 is 10.6 Å². The van der Waals surface area contributed by atoms with Crippen LogP contribution in [0.15, 0.2) is 6.07 Å². The van der Waals surface area contributed by atoms with Crippen LogP contribution < -0.4 is 5.73 Å². The minimum absolute atomic E-state index is 0.733. The van der Waals surface area contributed by atoms with E-state index >= 15 is 0 Å². The van der Waals surface area contributed by atoms with E-state index in [1.165, 1.54) is 0 Å². The third kappa shape index (κ3) is 2.24. The molecule has 92 valence electrons. The van der Waals surface area contributed by atoms with Gasteiger partial charge in [0.15, 0.2) is 5.65 Å². The van der Waals surface area contributed by atoms with Crippen molar-refractivity contribution in [3.63, 3.8) is 0 Å². The topological polar surface area (TPSA) is 60.0 Å². The number of hydrogen-bond donors (Lipinski definition) is 1. The first-order valence-electron chi connectivity index (χ1n) is 5.72. The van der Waals surface area contributed by atoms with Gasteiger partial charge >= 0.3 is 0 Å². The Morgan fingerprint density at radius 2 is 2.12 bits per heavy atom. The van der Waals surface area contributed by atoms with Crippen molar-refractivity contribution in [3.8, 4) is 0 Å². The highest BCUT2D eigenvalue weighted by Crippen LogP contribution is 2.21. The van der Waals surface area contributed by atoms with E-state index in [9.17, 15) is 0 Å². The highest BCUT2D eigenvalue weighted by atomic mass is 15.3. The van der Waals surface area contributed by atoms with E-state index in [-0.39, 0.29) is 0 Å². The summed E-state index contributed by atoms with van der Waals surface area (Å²) in [6, 6.07) is 1.98. The summed E-state index contributed by atoms with van der Waals surface area (Å²) in [6.07, 6.45) is 0.911. The number of pyridine rings is 1. The molecule has 0 fully saturated rings. The molecule has 2 N–H and O–H groups in total. The molecule has 0 atom stereocenters. The Hall–Kier alpha value is -1.62. The Kier molecular flexibility index (Phi) is 3.02. The van der Waals surface area contributed by atoms with E-state index in [1.54, 1.807) is 0 Å². The molecule has 0 amide bonds. The lowest BCUT2D eigenvalue weighted by Gasteiger charge is -2.07. The summed E-state index contributed by atoms with van der Waals surface area (Å²) in [6.45, 7) is 2.89. The highest BCUT2D eigenvalue weighted by Gasteiger charge is 2.11. The number of rotatable bonds is 3. The number of likely N-dealkylation sites (N-methyl/N-ethyl adjacent to an activating group) is 1. The van der Waals surface area contributed by atoms with E-state index in [2.05, 4.69) is 29.1 Å². The Bertz CT molecular complexity index is 541. The number of aryl methyl sites for hydroxylation is 2. The maximum absolute atomic E-state index is 5.91. The van der Waals surface area contributed by atoms with Crippen LogP contribution in [0.5, 0.6) is 0 Å². The second kappa shape index (κ2) is 4.33. The van der Waals surface area contributed by atoms with Crippen LogP contribution in [0.3, 0.4) is 0 Å². The fraction of sp³-hybridized carbons (Fsp3) is 0.500. The standard InChI is InChI=1S/C12H19N5/c1-8-10(13)7-9-11(5-6-16(2)3)15-17(4)12(9)14-8/h7H,5-6,13H2,1-4H3. The molecule has 0 aromatic carbocycles. The van der Waals surface area contributed by atoms with Gasteiger partial charge in [-0.05, 0) is 27.1 Å². The number of nitrogens with zero attached hydrogens (tertiary/aromatic N) is 4. The summed E-state index contributed by atoms with van der Waals surface area (Å²) in [5.41, 5.74) is 9.48. The van der Waals surface area contributed by atoms with Crippen molar-refractivity contribution in [1.82, 2.24) is 19.7 Å². The van der Waals surface area contributed by atoms with E-state index < -0.39 is 0 Å². The number of nitrogens with two attached hydrogens (primary N) is 1. The maximum atomic E-state index is 5.91. The molecule has 0 unspecified atom stereocenters. The summed E-state index contributed by atoms with van der Waals surface area (Å²) in [7, 11) is 6.04. The summed E-state index contributed by atoms with van der Waals surface area (Å²) < 4.78 is 1.83. The van der Waals surface area contributed by atoms with Gasteiger partial charge in [-0.2, -0.15) is 5.10 Å². The van der Waals surface area contributed by atoms with Crippen LogP contribution in [-0.2, 0) is 13.5 Å². The van der Waals surface area contributed by atoms with Gasteiger partial charge in [0.25, 0.3) is 0 Å². The van der Waals surface area contributed by atoms with Crippen molar-refractivity contribution in [2.75, 3.05) is 26.4 Å². The van der Waals surface area contributed by atoms with Crippen molar-refractivity contribution in [3.05, 3.63) is 17.5 Å². The normalized spacial score (nSPS) is 11.6. The molecule has 2 aromatic rings. The lowest BCUT2D eigenvalue weighted by molar-refractivity contribution is 0.411. The highest BCUT2D eigenvalue weighted by molar-refractivity contribution is 5.82. The molecule has 17 heavy (non-hydrogen) atoms. The Balaban J connectivity index is 2.46. The van der Waals surface area contributed by atoms with Gasteiger partial charge in [-0.15, -0.1) is 0 Å². The van der Waals surface area contributed by atoms with Crippen molar-refractivity contribution in [2.24, 2.45) is 7.05 Å². The fourth-order valence-electron chi connectivity index (χ4n) is 1.86. The average Bonchev–Trinajstić information content (AvgIpc) is 2.54. The number of hydrogen-bond acceptors (Lipinski definition) is 4. The van der Waals surface area contributed by atoms with Crippen LogP contribution in [0.25, 0.3) is 11.0 Å². The smallest absolute Gasteiger partial charge is 0.158 e. The van der Waals surface area contributed by atoms with Crippen LogP contribution in [0.4, 0.5) is 5.69 Å². The summed E-state index contributed by atoms with van der Waals surface area (Å²) >= 11 is 0. The molecule has 0 aliphatic carbocycles. The van der Waals surface area contributed by atoms with E-state index in [1.807, 2.05) is 24.7 Å². The zero-order valence-corrected chi connectivity index (χ0v) is 10.9. The molecule has 2 rings (SSSR count). The van der Waals surface area contributed by atoms with Crippen LogP contribution >= 0.6 is 0 Å². The Morgan fingerprint density at radius 3 is 2.76 bits per heavy atom. The maximum Gasteiger partial charge on any atom is 0.158 e. The van der Waals surface area contributed by atoms with E-state index in [0.717, 1.165) is 41.1 Å². The second-order valence-corrected chi connectivity index (χ2v) is 4.66. The van der Waals surface area contributed by atoms with Gasteiger partial charge in [-0.3, -0.25) is 4.68 Å². The average molecular weight is 233 g/mol. The quantitative estimate of drug-likeness (QED) is 0.858. The molecule has 2 aromatic heterocycles. The SMILES string of the molecule is Cc1nc2c(cc1N)c(CCN(C)C)nn2C. The summed E-state index contributed by atoms with van der Waals surface area (Å²) in [5, 5.41) is 5.58. The van der Waals surface area contributed by atoms with Crippen molar-refractivity contribution < 1.29 is 0 Å². The molecular weight excluding hydrogens is 214 g/mol. The number of fused-ring (bicyclic) bond motifs is 1. The third-order valence-corrected chi connectivity index (χ3v) is 2.92. The van der Waals surface area contributed by atoms with Gasteiger partial charge in [0, 0.05) is 25.4 Å². The van der Waals surface area contributed by atoms with Crippen molar-refractivity contribution >= 4 is 16.7 Å². The lowest BCUT2D eigenvalue weighted by Crippen LogP contribution is -2.15. The van der Waals surface area contributed by atoms with Crippen LogP contribution in [-0.4, -0.2) is 40.3 Å². The number of nitrogen functional groups attached to an aromatic ring is 1. The fourth-order valence-corrected chi connectivity index (χ4v) is 1.86. The zero-order chi connectivity index (χ0) is 12.6. The largest absolute Gasteiger partial charge is 0.397 e. The minimum atomic E-state index is 0.733. The van der Waals surface area contributed by atoms with Crippen LogP contribution in [0.1, 0.15) is 11.4 Å². The summed E-state index contributed by atoms with van der Waals surface area (Å²) in [4.78, 5) is 6.63. The van der Waals surface area contributed by atoms with Crippen molar-refractivity contribution in [1.29, 1.82) is 0 Å². The second-order valence-electron chi connectivity index (χ2n) is 4.66. The van der Waals surface area contributed by atoms with Gasteiger partial charge in [-0.25, -0.2) is 4.98 Å². The third-order valence-electron chi connectivity index (χ3n) is 2.92. The van der Waals surface area contributed by atoms with Crippen molar-refractivity contribution in [2.45, 2.75) is 13.3 Å². The Morgan fingerprint density at radius 1 is 1.41 bits per heavy atom. The first-order valence-corrected chi connectivity index (χ1v) is 5.72. The van der Waals surface area contributed by atoms with E-state index in [4.69, 9.17) is 5.73 Å². The van der Waals surface area contributed by atoms with Gasteiger partial charge in [-0.1, -0.05) is 0 Å². The number of anilines is 1.